The number of carbonyl (C=O) groups excluding carboxylic acids is 3. The molecule has 1 spiro atoms. The molecule has 4 rings (SSSR count). The maximum Gasteiger partial charge on any atom is 0.326 e. The molecule has 30 heavy (non-hydrogen) atoms. The molecule has 4 aliphatic rings. The number of imide groups is 1. The minimum absolute atomic E-state index is 0.0325. The molecule has 0 aromatic rings. The molecule has 1 N–H and O–H groups in total. The third-order valence-corrected chi connectivity index (χ3v) is 7.70. The predicted molar refractivity (Wildman–Crippen MR) is 115 cm³/mol. The number of likely N-dealkylation sites (tertiary alicyclic amines) is 2. The molecule has 7 nitrogen and oxygen atoms in total. The number of nitrogens with zero attached hydrogens (tertiary/aromatic N) is 3. The highest BCUT2D eigenvalue weighted by Crippen LogP contribution is 2.32. The number of rotatable bonds is 3. The van der Waals surface area contributed by atoms with E-state index in [2.05, 4.69) is 22.0 Å². The Labute approximate surface area is 180 Å². The Morgan fingerprint density at radius 2 is 1.63 bits per heavy atom. The molecule has 0 bridgehead atoms. The van der Waals surface area contributed by atoms with Crippen LogP contribution < -0.4 is 5.32 Å². The molecule has 1 aliphatic carbocycles. The van der Waals surface area contributed by atoms with Crippen LogP contribution in [0.3, 0.4) is 0 Å². The summed E-state index contributed by atoms with van der Waals surface area (Å²) in [5.41, 5.74) is -0.670. The van der Waals surface area contributed by atoms with Gasteiger partial charge in [-0.15, -0.1) is 0 Å². The van der Waals surface area contributed by atoms with Crippen LogP contribution in [-0.4, -0.2) is 70.9 Å². The van der Waals surface area contributed by atoms with Gasteiger partial charge < -0.3 is 10.2 Å². The number of hydrogen-bond donors (Lipinski definition) is 1. The van der Waals surface area contributed by atoms with Crippen molar-refractivity contribution in [1.29, 1.82) is 0 Å². The van der Waals surface area contributed by atoms with Gasteiger partial charge in [-0.05, 0) is 44.4 Å². The van der Waals surface area contributed by atoms with Crippen LogP contribution in [0.15, 0.2) is 0 Å². The highest BCUT2D eigenvalue weighted by atomic mass is 16.2. The predicted octanol–water partition coefficient (Wildman–Crippen LogP) is 2.95. The first-order valence-electron chi connectivity index (χ1n) is 12.1. The van der Waals surface area contributed by atoms with Crippen LogP contribution in [0.5, 0.6) is 0 Å². The molecule has 3 heterocycles. The van der Waals surface area contributed by atoms with E-state index in [0.29, 0.717) is 18.5 Å². The van der Waals surface area contributed by atoms with Gasteiger partial charge in [0.05, 0.1) is 6.67 Å². The van der Waals surface area contributed by atoms with Gasteiger partial charge >= 0.3 is 6.03 Å². The van der Waals surface area contributed by atoms with Crippen molar-refractivity contribution in [3.8, 4) is 0 Å². The van der Waals surface area contributed by atoms with Gasteiger partial charge in [-0.25, -0.2) is 9.69 Å². The fourth-order valence-electron chi connectivity index (χ4n) is 5.82. The van der Waals surface area contributed by atoms with Crippen LogP contribution in [0, 0.1) is 11.8 Å². The summed E-state index contributed by atoms with van der Waals surface area (Å²) in [7, 11) is 0. The number of hydrogen-bond acceptors (Lipinski definition) is 4. The molecule has 0 aromatic carbocycles. The molecule has 0 aromatic heterocycles. The van der Waals surface area contributed by atoms with Crippen molar-refractivity contribution >= 4 is 17.8 Å². The quantitative estimate of drug-likeness (QED) is 0.715. The summed E-state index contributed by atoms with van der Waals surface area (Å²) in [6.07, 6.45) is 11.0. The van der Waals surface area contributed by atoms with E-state index >= 15 is 0 Å². The SMILES string of the molecule is CC1CCCN(C(=O)C2CCN(CN3C(=O)NC4(CCCCCCC4)C3=O)CC2)C1. The van der Waals surface area contributed by atoms with Gasteiger partial charge in [0.2, 0.25) is 5.91 Å². The minimum Gasteiger partial charge on any atom is -0.342 e. The average molecular weight is 419 g/mol. The van der Waals surface area contributed by atoms with Crippen molar-refractivity contribution in [1.82, 2.24) is 20.0 Å². The van der Waals surface area contributed by atoms with Crippen LogP contribution >= 0.6 is 0 Å². The fraction of sp³-hybridized carbons (Fsp3) is 0.870. The second-order valence-electron chi connectivity index (χ2n) is 10.1. The Bertz CT molecular complexity index is 651. The third kappa shape index (κ3) is 4.51. The number of urea groups is 1. The van der Waals surface area contributed by atoms with Gasteiger partial charge in [-0.1, -0.05) is 39.0 Å². The summed E-state index contributed by atoms with van der Waals surface area (Å²) in [6.45, 7) is 5.91. The summed E-state index contributed by atoms with van der Waals surface area (Å²) < 4.78 is 0. The first kappa shape index (κ1) is 21.6. The van der Waals surface area contributed by atoms with Crippen LogP contribution in [0.25, 0.3) is 0 Å². The highest BCUT2D eigenvalue weighted by Gasteiger charge is 2.50. The Kier molecular flexibility index (Phi) is 6.66. The van der Waals surface area contributed by atoms with Gasteiger partial charge in [0, 0.05) is 32.1 Å². The third-order valence-electron chi connectivity index (χ3n) is 7.70. The molecule has 0 radical (unpaired) electrons. The van der Waals surface area contributed by atoms with Crippen molar-refractivity contribution in [2.75, 3.05) is 32.8 Å². The van der Waals surface area contributed by atoms with Crippen LogP contribution in [0.2, 0.25) is 0 Å². The van der Waals surface area contributed by atoms with Crippen molar-refractivity contribution in [3.63, 3.8) is 0 Å². The maximum atomic E-state index is 13.2. The monoisotopic (exact) mass is 418 g/mol. The van der Waals surface area contributed by atoms with Crippen LogP contribution in [0.4, 0.5) is 4.79 Å². The van der Waals surface area contributed by atoms with Crippen molar-refractivity contribution < 1.29 is 14.4 Å². The van der Waals surface area contributed by atoms with Gasteiger partial charge in [-0.2, -0.15) is 0 Å². The molecule has 7 heteroatoms. The van der Waals surface area contributed by atoms with E-state index < -0.39 is 5.54 Å². The molecule has 3 saturated heterocycles. The zero-order chi connectivity index (χ0) is 21.1. The van der Waals surface area contributed by atoms with E-state index in [1.54, 1.807) is 0 Å². The van der Waals surface area contributed by atoms with Crippen molar-refractivity contribution in [2.24, 2.45) is 11.8 Å². The molecule has 168 valence electrons. The zero-order valence-corrected chi connectivity index (χ0v) is 18.5. The molecule has 3 aliphatic heterocycles. The Morgan fingerprint density at radius 1 is 0.967 bits per heavy atom. The second-order valence-corrected chi connectivity index (χ2v) is 10.1. The lowest BCUT2D eigenvalue weighted by Crippen LogP contribution is -2.50. The van der Waals surface area contributed by atoms with E-state index in [1.165, 1.54) is 17.7 Å². The standard InChI is InChI=1S/C23H38N4O3/c1-18-8-7-13-26(16-18)20(28)19-9-14-25(15-10-19)17-27-21(29)23(24-22(27)30)11-5-3-2-4-6-12-23/h18-19H,2-17H2,1H3,(H,24,30). The van der Waals surface area contributed by atoms with Gasteiger partial charge in [0.1, 0.15) is 5.54 Å². The van der Waals surface area contributed by atoms with Gasteiger partial charge in [0.25, 0.3) is 5.91 Å². The van der Waals surface area contributed by atoms with Gasteiger partial charge in [0.15, 0.2) is 0 Å². The van der Waals surface area contributed by atoms with Crippen LogP contribution in [-0.2, 0) is 9.59 Å². The molecule has 4 fully saturated rings. The Hall–Kier alpha value is -1.63. The molecule has 1 unspecified atom stereocenters. The molecule has 4 amide bonds. The second kappa shape index (κ2) is 9.25. The maximum absolute atomic E-state index is 13.2. The minimum atomic E-state index is -0.670. The molecule has 1 saturated carbocycles. The van der Waals surface area contributed by atoms with Crippen molar-refractivity contribution in [2.45, 2.75) is 83.1 Å². The van der Waals surface area contributed by atoms with E-state index in [0.717, 1.165) is 84.0 Å². The number of piperidine rings is 2. The summed E-state index contributed by atoms with van der Waals surface area (Å²) >= 11 is 0. The van der Waals surface area contributed by atoms with E-state index in [1.807, 2.05) is 0 Å². The van der Waals surface area contributed by atoms with Gasteiger partial charge in [-0.3, -0.25) is 14.5 Å². The lowest BCUT2D eigenvalue weighted by atomic mass is 9.84. The summed E-state index contributed by atoms with van der Waals surface area (Å²) in [6, 6.07) is -0.235. The van der Waals surface area contributed by atoms with Crippen LogP contribution in [0.1, 0.15) is 77.6 Å². The van der Waals surface area contributed by atoms with Crippen molar-refractivity contribution in [3.05, 3.63) is 0 Å². The molecular formula is C23H38N4O3. The first-order chi connectivity index (χ1) is 14.5. The normalized spacial score (nSPS) is 29.0. The summed E-state index contributed by atoms with van der Waals surface area (Å²) in [4.78, 5) is 44.4. The van der Waals surface area contributed by atoms with E-state index in [9.17, 15) is 14.4 Å². The topological polar surface area (TPSA) is 73.0 Å². The van der Waals surface area contributed by atoms with E-state index in [-0.39, 0.29) is 17.9 Å². The smallest absolute Gasteiger partial charge is 0.326 e. The zero-order valence-electron chi connectivity index (χ0n) is 18.5. The average Bonchev–Trinajstić information content (AvgIpc) is 2.96. The largest absolute Gasteiger partial charge is 0.342 e. The number of carbonyl (C=O) groups is 3. The number of nitrogens with one attached hydrogen (secondary N) is 1. The fourth-order valence-corrected chi connectivity index (χ4v) is 5.82. The molecular weight excluding hydrogens is 380 g/mol. The summed E-state index contributed by atoms with van der Waals surface area (Å²) in [5.74, 6) is 0.967. The summed E-state index contributed by atoms with van der Waals surface area (Å²) in [5, 5.41) is 3.05. The number of amides is 4. The molecule has 1 atom stereocenters. The Balaban J connectivity index is 1.30. The first-order valence-corrected chi connectivity index (χ1v) is 12.1. The highest BCUT2D eigenvalue weighted by molar-refractivity contribution is 6.07. The lowest BCUT2D eigenvalue weighted by molar-refractivity contribution is -0.140. The van der Waals surface area contributed by atoms with E-state index in [4.69, 9.17) is 0 Å². The lowest BCUT2D eigenvalue weighted by Gasteiger charge is -2.37. The Morgan fingerprint density at radius 3 is 2.30 bits per heavy atom.